The van der Waals surface area contributed by atoms with Gasteiger partial charge in [-0.1, -0.05) is 18.2 Å². The molecule has 0 spiro atoms. The van der Waals surface area contributed by atoms with Gasteiger partial charge < -0.3 is 24.1 Å². The van der Waals surface area contributed by atoms with E-state index >= 15 is 0 Å². The molecule has 5 aliphatic rings. The molecule has 40 heavy (non-hydrogen) atoms. The lowest BCUT2D eigenvalue weighted by Crippen LogP contribution is -2.53. The first-order valence-corrected chi connectivity index (χ1v) is 15.3. The van der Waals surface area contributed by atoms with E-state index in [1.54, 1.807) is 7.11 Å². The van der Waals surface area contributed by atoms with E-state index in [0.717, 1.165) is 85.4 Å². The van der Waals surface area contributed by atoms with Gasteiger partial charge in [-0.25, -0.2) is 4.98 Å². The summed E-state index contributed by atoms with van der Waals surface area (Å²) in [5.41, 5.74) is 5.03. The zero-order valence-electron chi connectivity index (χ0n) is 23.2. The van der Waals surface area contributed by atoms with Gasteiger partial charge in [-0.3, -0.25) is 4.79 Å². The summed E-state index contributed by atoms with van der Waals surface area (Å²) in [5, 5.41) is 4.80. The number of carbonyl (C=O) groups excluding carboxylic acids is 1. The van der Waals surface area contributed by atoms with Crippen molar-refractivity contribution in [1.82, 2.24) is 24.3 Å². The van der Waals surface area contributed by atoms with Crippen LogP contribution in [0.15, 0.2) is 42.5 Å². The minimum atomic E-state index is 0.150. The minimum Gasteiger partial charge on any atom is -0.494 e. The highest BCUT2D eigenvalue weighted by Crippen LogP contribution is 2.60. The number of nitrogens with zero attached hydrogens (tertiary/aromatic N) is 4. The van der Waals surface area contributed by atoms with Crippen molar-refractivity contribution in [3.63, 3.8) is 0 Å². The molecule has 9 rings (SSSR count). The Morgan fingerprint density at radius 2 is 1.90 bits per heavy atom. The fourth-order valence-corrected chi connectivity index (χ4v) is 8.53. The monoisotopic (exact) mass is 535 g/mol. The van der Waals surface area contributed by atoms with E-state index in [1.807, 2.05) is 12.1 Å². The van der Waals surface area contributed by atoms with Crippen LogP contribution in [-0.2, 0) is 13.1 Å². The molecule has 7 heteroatoms. The zero-order chi connectivity index (χ0) is 26.5. The SMILES string of the molecule is COc1cc(C(=O)N2CC3CC4CC2[C@H]43)cc2nc(-c3cc4ccccc4n3CC3CC3)n(C[C@H]3CCNC3)c12. The van der Waals surface area contributed by atoms with Gasteiger partial charge in [-0.2, -0.15) is 0 Å². The van der Waals surface area contributed by atoms with Crippen LogP contribution in [-0.4, -0.2) is 57.7 Å². The lowest BCUT2D eigenvalue weighted by atomic mass is 9.53. The van der Waals surface area contributed by atoms with E-state index in [9.17, 15) is 4.79 Å². The first kappa shape index (κ1) is 23.4. The second kappa shape index (κ2) is 8.59. The fraction of sp³-hybridized carbons (Fsp3) is 0.515. The number of imidazole rings is 1. The van der Waals surface area contributed by atoms with Gasteiger partial charge in [-0.05, 0) is 99.0 Å². The number of para-hydroxylation sites is 1. The highest BCUT2D eigenvalue weighted by atomic mass is 16.5. The van der Waals surface area contributed by atoms with E-state index in [2.05, 4.69) is 49.7 Å². The summed E-state index contributed by atoms with van der Waals surface area (Å²) in [7, 11) is 1.73. The maximum atomic E-state index is 13.9. The molecule has 7 nitrogen and oxygen atoms in total. The maximum Gasteiger partial charge on any atom is 0.254 e. The topological polar surface area (TPSA) is 64.3 Å². The Bertz CT molecular complexity index is 1660. The molecule has 2 aliphatic heterocycles. The standard InChI is InChI=1S/C33H37N5O2/c1-40-29-14-23(33(39)37-18-24-10-22-13-27(37)30(22)24)11-25-31(29)38(17-20-8-9-34-15-20)32(35-25)28-12-21-4-2-3-5-26(21)36(28)16-19-6-7-19/h2-5,11-12,14,19-20,22,24,27,30,34H,6-10,13,15-18H2,1H3/t20-,22?,24?,27?,30+/m0/s1. The minimum absolute atomic E-state index is 0.150. The molecular formula is C33H37N5O2. The summed E-state index contributed by atoms with van der Waals surface area (Å²) in [6.45, 7) is 4.90. The van der Waals surface area contributed by atoms with E-state index in [4.69, 9.17) is 9.72 Å². The second-order valence-electron chi connectivity index (χ2n) is 13.2. The van der Waals surface area contributed by atoms with Crippen LogP contribution < -0.4 is 10.1 Å². The molecular weight excluding hydrogens is 498 g/mol. The summed E-state index contributed by atoms with van der Waals surface area (Å²) in [4.78, 5) is 21.4. The third-order valence-corrected chi connectivity index (χ3v) is 10.8. The van der Waals surface area contributed by atoms with Crippen molar-refractivity contribution < 1.29 is 9.53 Å². The summed E-state index contributed by atoms with van der Waals surface area (Å²) in [6.07, 6.45) is 6.26. The van der Waals surface area contributed by atoms with Crippen LogP contribution in [0.3, 0.4) is 0 Å². The van der Waals surface area contributed by atoms with E-state index in [-0.39, 0.29) is 5.91 Å². The number of methoxy groups -OCH3 is 1. The molecule has 206 valence electrons. The van der Waals surface area contributed by atoms with Crippen LogP contribution in [0.5, 0.6) is 5.75 Å². The number of amides is 1. The predicted molar refractivity (Wildman–Crippen MR) is 155 cm³/mol. The number of benzene rings is 2. The zero-order valence-corrected chi connectivity index (χ0v) is 23.2. The number of likely N-dealkylation sites (tertiary alicyclic amines) is 1. The van der Waals surface area contributed by atoms with Crippen molar-refractivity contribution in [2.45, 2.75) is 51.2 Å². The van der Waals surface area contributed by atoms with Crippen LogP contribution in [0.25, 0.3) is 33.5 Å². The van der Waals surface area contributed by atoms with Gasteiger partial charge in [0.05, 0.1) is 18.3 Å². The largest absolute Gasteiger partial charge is 0.494 e. The average molecular weight is 536 g/mol. The van der Waals surface area contributed by atoms with E-state index in [1.165, 1.54) is 42.3 Å². The number of hydrogen-bond acceptors (Lipinski definition) is 4. The van der Waals surface area contributed by atoms with Gasteiger partial charge >= 0.3 is 0 Å². The lowest BCUT2D eigenvalue weighted by Gasteiger charge is -2.52. The Labute approximate surface area is 234 Å². The predicted octanol–water partition coefficient (Wildman–Crippen LogP) is 5.17. The van der Waals surface area contributed by atoms with Crippen molar-refractivity contribution in [2.75, 3.05) is 26.7 Å². The summed E-state index contributed by atoms with van der Waals surface area (Å²) in [5.74, 6) is 5.52. The van der Waals surface area contributed by atoms with Gasteiger partial charge in [-0.15, -0.1) is 0 Å². The third kappa shape index (κ3) is 3.39. The molecule has 0 bridgehead atoms. The molecule has 5 atom stereocenters. The maximum absolute atomic E-state index is 13.9. The van der Waals surface area contributed by atoms with Gasteiger partial charge in [0, 0.05) is 42.1 Å². The first-order chi connectivity index (χ1) is 19.7. The van der Waals surface area contributed by atoms with Crippen molar-refractivity contribution >= 4 is 27.8 Å². The molecule has 1 N–H and O–H groups in total. The number of nitrogens with one attached hydrogen (secondary N) is 1. The highest BCUT2D eigenvalue weighted by Gasteiger charge is 2.61. The summed E-state index contributed by atoms with van der Waals surface area (Å²) < 4.78 is 10.9. The van der Waals surface area contributed by atoms with Crippen LogP contribution in [0.2, 0.25) is 0 Å². The number of aromatic nitrogens is 3. The van der Waals surface area contributed by atoms with Crippen molar-refractivity contribution in [1.29, 1.82) is 0 Å². The molecule has 2 aromatic heterocycles. The first-order valence-electron chi connectivity index (χ1n) is 15.3. The van der Waals surface area contributed by atoms with Crippen molar-refractivity contribution in [2.24, 2.45) is 29.6 Å². The Hall–Kier alpha value is -3.32. The average Bonchev–Trinajstić information content (AvgIpc) is 3.29. The lowest BCUT2D eigenvalue weighted by molar-refractivity contribution is -0.0204. The van der Waals surface area contributed by atoms with Crippen LogP contribution in [0, 0.1) is 29.6 Å². The molecule has 3 saturated carbocycles. The van der Waals surface area contributed by atoms with Crippen molar-refractivity contribution in [3.8, 4) is 17.3 Å². The number of ether oxygens (including phenoxy) is 1. The third-order valence-electron chi connectivity index (χ3n) is 10.8. The molecule has 5 fully saturated rings. The Kier molecular flexibility index (Phi) is 5.02. The summed E-state index contributed by atoms with van der Waals surface area (Å²) >= 11 is 0. The smallest absolute Gasteiger partial charge is 0.254 e. The number of carbonyl (C=O) groups is 1. The quantitative estimate of drug-likeness (QED) is 0.355. The normalized spacial score (nSPS) is 28.6. The molecule has 1 amide bonds. The number of hydrogen-bond donors (Lipinski definition) is 1. The van der Waals surface area contributed by atoms with Gasteiger partial charge in [0.2, 0.25) is 0 Å². The molecule has 0 radical (unpaired) electrons. The Morgan fingerprint density at radius 1 is 1.02 bits per heavy atom. The van der Waals surface area contributed by atoms with Gasteiger partial charge in [0.15, 0.2) is 5.82 Å². The molecule has 3 unspecified atom stereocenters. The van der Waals surface area contributed by atoms with Gasteiger partial charge in [0.1, 0.15) is 11.3 Å². The van der Waals surface area contributed by atoms with Crippen LogP contribution in [0.1, 0.15) is 42.5 Å². The second-order valence-corrected chi connectivity index (χ2v) is 13.2. The van der Waals surface area contributed by atoms with Gasteiger partial charge in [0.25, 0.3) is 5.91 Å². The highest BCUT2D eigenvalue weighted by molar-refractivity contribution is 6.00. The molecule has 2 aromatic carbocycles. The molecule has 4 heterocycles. The van der Waals surface area contributed by atoms with Crippen molar-refractivity contribution in [3.05, 3.63) is 48.0 Å². The summed E-state index contributed by atoms with van der Waals surface area (Å²) in [6, 6.07) is 15.5. The molecule has 3 aliphatic carbocycles. The fourth-order valence-electron chi connectivity index (χ4n) is 8.53. The van der Waals surface area contributed by atoms with Crippen LogP contribution >= 0.6 is 0 Å². The molecule has 2 saturated heterocycles. The van der Waals surface area contributed by atoms with E-state index < -0.39 is 0 Å². The van der Waals surface area contributed by atoms with Crippen LogP contribution in [0.4, 0.5) is 0 Å². The van der Waals surface area contributed by atoms with E-state index in [0.29, 0.717) is 17.5 Å². The number of fused-ring (bicyclic) bond motifs is 2. The number of rotatable bonds is 7. The molecule has 4 aromatic rings. The Morgan fingerprint density at radius 3 is 2.67 bits per heavy atom. The Balaban J connectivity index is 1.20.